The third-order valence-corrected chi connectivity index (χ3v) is 3.88. The molecule has 1 atom stereocenters. The smallest absolute Gasteiger partial charge is 0.101 e. The van der Waals surface area contributed by atoms with E-state index < -0.39 is 5.41 Å². The number of hydrogen-bond acceptors (Lipinski definition) is 3. The summed E-state index contributed by atoms with van der Waals surface area (Å²) in [7, 11) is 0. The Morgan fingerprint density at radius 3 is 2.45 bits per heavy atom. The van der Waals surface area contributed by atoms with Crippen LogP contribution in [0, 0.1) is 17.2 Å². The quantitative estimate of drug-likeness (QED) is 0.726. The fourth-order valence-corrected chi connectivity index (χ4v) is 2.73. The van der Waals surface area contributed by atoms with E-state index in [-0.39, 0.29) is 0 Å². The van der Waals surface area contributed by atoms with Crippen LogP contribution in [-0.2, 0) is 5.41 Å². The highest BCUT2D eigenvalue weighted by atomic mass is 15.1. The van der Waals surface area contributed by atoms with Crippen LogP contribution >= 0.6 is 0 Å². The van der Waals surface area contributed by atoms with Crippen LogP contribution in [0.15, 0.2) is 24.4 Å². The van der Waals surface area contributed by atoms with Crippen LogP contribution in [0.1, 0.15) is 46.2 Å². The van der Waals surface area contributed by atoms with Gasteiger partial charge in [0.15, 0.2) is 0 Å². The first-order chi connectivity index (χ1) is 9.57. The van der Waals surface area contributed by atoms with Crippen molar-refractivity contribution in [2.24, 2.45) is 5.92 Å². The maximum Gasteiger partial charge on any atom is 0.101 e. The van der Waals surface area contributed by atoms with Crippen LogP contribution in [0.25, 0.3) is 0 Å². The Morgan fingerprint density at radius 2 is 2.00 bits per heavy atom. The molecule has 0 amide bonds. The van der Waals surface area contributed by atoms with Gasteiger partial charge in [0.25, 0.3) is 0 Å². The van der Waals surface area contributed by atoms with Crippen LogP contribution in [0.2, 0.25) is 0 Å². The lowest BCUT2D eigenvalue weighted by atomic mass is 9.75. The molecule has 1 aromatic heterocycles. The molecule has 1 rings (SSSR count). The van der Waals surface area contributed by atoms with Gasteiger partial charge >= 0.3 is 0 Å². The summed E-state index contributed by atoms with van der Waals surface area (Å²) in [6, 6.07) is 8.46. The van der Waals surface area contributed by atoms with Crippen LogP contribution < -0.4 is 0 Å². The predicted octanol–water partition coefficient (Wildman–Crippen LogP) is 3.62. The summed E-state index contributed by atoms with van der Waals surface area (Å²) in [5.74, 6) is 0.480. The zero-order valence-corrected chi connectivity index (χ0v) is 13.3. The molecule has 1 heterocycles. The molecule has 3 nitrogen and oxygen atoms in total. The molecule has 0 aliphatic heterocycles. The number of pyridine rings is 1. The summed E-state index contributed by atoms with van der Waals surface area (Å²) >= 11 is 0. The minimum Gasteiger partial charge on any atom is -0.304 e. The van der Waals surface area contributed by atoms with Gasteiger partial charge in [-0.2, -0.15) is 5.26 Å². The van der Waals surface area contributed by atoms with Gasteiger partial charge in [-0.1, -0.05) is 33.8 Å². The Balaban J connectivity index is 2.98. The summed E-state index contributed by atoms with van der Waals surface area (Å²) in [5, 5.41) is 9.83. The van der Waals surface area contributed by atoms with Crippen molar-refractivity contribution in [3.05, 3.63) is 30.1 Å². The van der Waals surface area contributed by atoms with E-state index in [0.29, 0.717) is 5.92 Å². The summed E-state index contributed by atoms with van der Waals surface area (Å²) in [4.78, 5) is 6.83. The summed E-state index contributed by atoms with van der Waals surface area (Å²) in [5.41, 5.74) is 0.459. The van der Waals surface area contributed by atoms with Crippen molar-refractivity contribution in [2.75, 3.05) is 19.6 Å². The third-order valence-electron chi connectivity index (χ3n) is 3.88. The molecule has 0 saturated carbocycles. The zero-order chi connectivity index (χ0) is 15.0. The van der Waals surface area contributed by atoms with Gasteiger partial charge < -0.3 is 4.90 Å². The molecule has 0 aliphatic rings. The van der Waals surface area contributed by atoms with E-state index in [4.69, 9.17) is 0 Å². The Bertz CT molecular complexity index is 418. The molecule has 0 unspecified atom stereocenters. The van der Waals surface area contributed by atoms with E-state index in [1.165, 1.54) is 0 Å². The highest BCUT2D eigenvalue weighted by molar-refractivity contribution is 5.26. The van der Waals surface area contributed by atoms with E-state index in [1.54, 1.807) is 6.20 Å². The van der Waals surface area contributed by atoms with Gasteiger partial charge in [0.1, 0.15) is 5.41 Å². The molecular formula is C17H27N3. The number of nitriles is 1. The molecule has 0 aromatic carbocycles. The van der Waals surface area contributed by atoms with Gasteiger partial charge in [0.2, 0.25) is 0 Å². The van der Waals surface area contributed by atoms with E-state index in [9.17, 15) is 5.26 Å². The van der Waals surface area contributed by atoms with E-state index in [1.807, 2.05) is 18.2 Å². The predicted molar refractivity (Wildman–Crippen MR) is 83.4 cm³/mol. The zero-order valence-electron chi connectivity index (χ0n) is 13.3. The first kappa shape index (κ1) is 16.7. The SMILES string of the molecule is CCN(CC)CC[C@@](C#N)(CC(C)C)c1ccccn1. The molecule has 0 spiro atoms. The molecule has 1 aromatic rings. The first-order valence-electron chi connectivity index (χ1n) is 7.63. The molecular weight excluding hydrogens is 246 g/mol. The molecule has 0 fully saturated rings. The van der Waals surface area contributed by atoms with Crippen molar-refractivity contribution in [3.63, 3.8) is 0 Å². The lowest BCUT2D eigenvalue weighted by Gasteiger charge is -2.30. The largest absolute Gasteiger partial charge is 0.304 e. The van der Waals surface area contributed by atoms with Crippen LogP contribution in [0.3, 0.4) is 0 Å². The fourth-order valence-electron chi connectivity index (χ4n) is 2.73. The van der Waals surface area contributed by atoms with Gasteiger partial charge in [-0.15, -0.1) is 0 Å². The van der Waals surface area contributed by atoms with Crippen molar-refractivity contribution in [1.29, 1.82) is 5.26 Å². The Kier molecular flexibility index (Phi) is 6.67. The van der Waals surface area contributed by atoms with Crippen LogP contribution in [-0.4, -0.2) is 29.5 Å². The van der Waals surface area contributed by atoms with Crippen molar-refractivity contribution in [2.45, 2.75) is 46.0 Å². The summed E-state index contributed by atoms with van der Waals surface area (Å²) in [6.45, 7) is 11.7. The van der Waals surface area contributed by atoms with Crippen LogP contribution in [0.5, 0.6) is 0 Å². The third kappa shape index (κ3) is 4.31. The second kappa shape index (κ2) is 8.01. The Morgan fingerprint density at radius 1 is 1.30 bits per heavy atom. The highest BCUT2D eigenvalue weighted by Crippen LogP contribution is 2.33. The second-order valence-corrected chi connectivity index (χ2v) is 5.78. The van der Waals surface area contributed by atoms with Crippen LogP contribution in [0.4, 0.5) is 0 Å². The summed E-state index contributed by atoms with van der Waals surface area (Å²) < 4.78 is 0. The standard InChI is InChI=1S/C17H27N3/c1-5-20(6-2)12-10-17(14-18,13-15(3)4)16-9-7-8-11-19-16/h7-9,11,15H,5-6,10,12-13H2,1-4H3/t17-/m0/s1. The average Bonchev–Trinajstić information content (AvgIpc) is 2.47. The van der Waals surface area contributed by atoms with Crippen molar-refractivity contribution >= 4 is 0 Å². The van der Waals surface area contributed by atoms with Crippen molar-refractivity contribution < 1.29 is 0 Å². The van der Waals surface area contributed by atoms with E-state index in [0.717, 1.165) is 38.2 Å². The van der Waals surface area contributed by atoms with Gasteiger partial charge in [-0.3, -0.25) is 4.98 Å². The highest BCUT2D eigenvalue weighted by Gasteiger charge is 2.34. The Hall–Kier alpha value is -1.40. The maximum absolute atomic E-state index is 9.83. The second-order valence-electron chi connectivity index (χ2n) is 5.78. The number of nitrogens with zero attached hydrogens (tertiary/aromatic N) is 3. The molecule has 0 radical (unpaired) electrons. The first-order valence-corrected chi connectivity index (χ1v) is 7.63. The monoisotopic (exact) mass is 273 g/mol. The van der Waals surface area contributed by atoms with E-state index >= 15 is 0 Å². The molecule has 110 valence electrons. The lowest BCUT2D eigenvalue weighted by molar-refractivity contribution is 0.261. The molecule has 0 bridgehead atoms. The number of hydrogen-bond donors (Lipinski definition) is 0. The molecule has 20 heavy (non-hydrogen) atoms. The normalized spacial score (nSPS) is 14.2. The van der Waals surface area contributed by atoms with Gasteiger partial charge in [-0.05, 0) is 44.0 Å². The number of rotatable bonds is 8. The van der Waals surface area contributed by atoms with E-state index in [2.05, 4.69) is 43.6 Å². The topological polar surface area (TPSA) is 39.9 Å². The minimum atomic E-state index is -0.460. The minimum absolute atomic E-state index is 0.460. The molecule has 3 heteroatoms. The average molecular weight is 273 g/mol. The molecule has 0 N–H and O–H groups in total. The van der Waals surface area contributed by atoms with Gasteiger partial charge in [-0.25, -0.2) is 0 Å². The van der Waals surface area contributed by atoms with Crippen molar-refractivity contribution in [3.8, 4) is 6.07 Å². The summed E-state index contributed by atoms with van der Waals surface area (Å²) in [6.07, 6.45) is 3.50. The number of aromatic nitrogens is 1. The fraction of sp³-hybridized carbons (Fsp3) is 0.647. The van der Waals surface area contributed by atoms with Crippen molar-refractivity contribution in [1.82, 2.24) is 9.88 Å². The maximum atomic E-state index is 9.83. The van der Waals surface area contributed by atoms with Gasteiger partial charge in [0.05, 0.1) is 11.8 Å². The van der Waals surface area contributed by atoms with Gasteiger partial charge in [0, 0.05) is 12.7 Å². The Labute approximate surface area is 123 Å². The lowest BCUT2D eigenvalue weighted by Crippen LogP contribution is -2.34. The molecule has 0 saturated heterocycles. The molecule has 0 aliphatic carbocycles.